The first-order valence-corrected chi connectivity index (χ1v) is 4.66. The van der Waals surface area contributed by atoms with Crippen molar-refractivity contribution in [2.24, 2.45) is 5.92 Å². The van der Waals surface area contributed by atoms with Gasteiger partial charge in [0, 0.05) is 19.1 Å². The van der Waals surface area contributed by atoms with Crippen LogP contribution < -0.4 is 5.32 Å². The molecule has 1 aliphatic heterocycles. The Morgan fingerprint density at radius 3 is 2.64 bits per heavy atom. The van der Waals surface area contributed by atoms with Gasteiger partial charge in [0.25, 0.3) is 0 Å². The van der Waals surface area contributed by atoms with Gasteiger partial charge in [-0.15, -0.1) is 0 Å². The number of ether oxygens (including phenoxy) is 2. The van der Waals surface area contributed by atoms with Crippen molar-refractivity contribution in [3.05, 3.63) is 0 Å². The molecule has 0 bridgehead atoms. The van der Waals surface area contributed by atoms with E-state index in [-0.39, 0.29) is 18.4 Å². The number of carbonyl (C=O) groups excluding carboxylic acids is 2. The van der Waals surface area contributed by atoms with Crippen LogP contribution >= 0.6 is 0 Å². The van der Waals surface area contributed by atoms with Crippen LogP contribution in [0.5, 0.6) is 0 Å². The number of hydrogen-bond acceptors (Lipinski definition) is 4. The standard InChI is InChI=1S/C9H15NO4/c1-13-8(11)6-10-9(12)7-2-4-14-5-3-7/h7H,2-6H2,1H3,(H,10,12). The van der Waals surface area contributed by atoms with E-state index < -0.39 is 5.97 Å². The molecule has 0 radical (unpaired) electrons. The largest absolute Gasteiger partial charge is 0.468 e. The number of hydrogen-bond donors (Lipinski definition) is 1. The predicted octanol–water partition coefficient (Wildman–Crippen LogP) is -0.298. The summed E-state index contributed by atoms with van der Waals surface area (Å²) in [7, 11) is 1.29. The fourth-order valence-electron chi connectivity index (χ4n) is 1.34. The lowest BCUT2D eigenvalue weighted by atomic mass is 9.99. The van der Waals surface area contributed by atoms with Crippen LogP contribution in [0.1, 0.15) is 12.8 Å². The summed E-state index contributed by atoms with van der Waals surface area (Å²) in [6.07, 6.45) is 1.46. The van der Waals surface area contributed by atoms with Gasteiger partial charge in [-0.05, 0) is 12.8 Å². The second-order valence-electron chi connectivity index (χ2n) is 3.18. The van der Waals surface area contributed by atoms with Gasteiger partial charge in [0.2, 0.25) is 5.91 Å². The van der Waals surface area contributed by atoms with Crippen LogP contribution in [0.3, 0.4) is 0 Å². The highest BCUT2D eigenvalue weighted by atomic mass is 16.5. The van der Waals surface area contributed by atoms with Crippen LogP contribution in [0, 0.1) is 5.92 Å². The predicted molar refractivity (Wildman–Crippen MR) is 48.6 cm³/mol. The molecule has 1 saturated heterocycles. The third-order valence-corrected chi connectivity index (χ3v) is 2.23. The van der Waals surface area contributed by atoms with Crippen molar-refractivity contribution in [3.8, 4) is 0 Å². The summed E-state index contributed by atoms with van der Waals surface area (Å²) in [4.78, 5) is 22.2. The number of methoxy groups -OCH3 is 1. The van der Waals surface area contributed by atoms with E-state index in [0.717, 1.165) is 12.8 Å². The van der Waals surface area contributed by atoms with Gasteiger partial charge in [0.05, 0.1) is 7.11 Å². The molecule has 0 aromatic heterocycles. The zero-order valence-electron chi connectivity index (χ0n) is 8.25. The first-order chi connectivity index (χ1) is 6.74. The van der Waals surface area contributed by atoms with Crippen molar-refractivity contribution in [2.75, 3.05) is 26.9 Å². The minimum absolute atomic E-state index is 0.0200. The molecular formula is C9H15NO4. The lowest BCUT2D eigenvalue weighted by Gasteiger charge is -2.20. The summed E-state index contributed by atoms with van der Waals surface area (Å²) in [5.74, 6) is -0.530. The summed E-state index contributed by atoms with van der Waals surface area (Å²) in [6, 6.07) is 0. The second-order valence-corrected chi connectivity index (χ2v) is 3.18. The Hall–Kier alpha value is -1.10. The minimum atomic E-state index is -0.426. The summed E-state index contributed by atoms with van der Waals surface area (Å²) in [5, 5.41) is 2.53. The van der Waals surface area contributed by atoms with Crippen molar-refractivity contribution in [1.82, 2.24) is 5.32 Å². The summed E-state index contributed by atoms with van der Waals surface area (Å²) in [6.45, 7) is 1.19. The SMILES string of the molecule is COC(=O)CNC(=O)C1CCOCC1. The molecule has 5 heteroatoms. The molecule has 0 aromatic rings. The summed E-state index contributed by atoms with van der Waals surface area (Å²) < 4.78 is 9.53. The Labute approximate surface area is 82.8 Å². The molecule has 1 N–H and O–H groups in total. The lowest BCUT2D eigenvalue weighted by Crippen LogP contribution is -2.37. The molecule has 14 heavy (non-hydrogen) atoms. The molecular weight excluding hydrogens is 186 g/mol. The average Bonchev–Trinajstić information content (AvgIpc) is 2.26. The number of amides is 1. The van der Waals surface area contributed by atoms with E-state index >= 15 is 0 Å². The van der Waals surface area contributed by atoms with Crippen molar-refractivity contribution in [1.29, 1.82) is 0 Å². The van der Waals surface area contributed by atoms with Gasteiger partial charge >= 0.3 is 5.97 Å². The third kappa shape index (κ3) is 3.33. The highest BCUT2D eigenvalue weighted by Crippen LogP contribution is 2.14. The van der Waals surface area contributed by atoms with E-state index in [1.165, 1.54) is 7.11 Å². The molecule has 1 rings (SSSR count). The number of rotatable bonds is 3. The van der Waals surface area contributed by atoms with Crippen LogP contribution in [0.15, 0.2) is 0 Å². The summed E-state index contributed by atoms with van der Waals surface area (Å²) >= 11 is 0. The van der Waals surface area contributed by atoms with Gasteiger partial charge in [-0.25, -0.2) is 0 Å². The van der Waals surface area contributed by atoms with Crippen molar-refractivity contribution >= 4 is 11.9 Å². The number of esters is 1. The summed E-state index contributed by atoms with van der Waals surface area (Å²) in [5.41, 5.74) is 0. The molecule has 0 saturated carbocycles. The maximum Gasteiger partial charge on any atom is 0.325 e. The van der Waals surface area contributed by atoms with E-state index in [2.05, 4.69) is 10.1 Å². The first kappa shape index (κ1) is 11.0. The quantitative estimate of drug-likeness (QED) is 0.637. The maximum atomic E-state index is 11.4. The molecule has 0 spiro atoms. The van der Waals surface area contributed by atoms with Gasteiger partial charge in [-0.3, -0.25) is 9.59 Å². The molecule has 0 aromatic carbocycles. The molecule has 0 unspecified atom stereocenters. The monoisotopic (exact) mass is 201 g/mol. The lowest BCUT2D eigenvalue weighted by molar-refractivity contribution is -0.142. The number of nitrogens with one attached hydrogen (secondary N) is 1. The van der Waals surface area contributed by atoms with Crippen LogP contribution in [-0.4, -0.2) is 38.7 Å². The van der Waals surface area contributed by atoms with Crippen molar-refractivity contribution in [3.63, 3.8) is 0 Å². The molecule has 1 heterocycles. The van der Waals surface area contributed by atoms with Crippen LogP contribution in [0.25, 0.3) is 0 Å². The zero-order valence-corrected chi connectivity index (χ0v) is 8.25. The highest BCUT2D eigenvalue weighted by Gasteiger charge is 2.21. The Morgan fingerprint density at radius 1 is 1.43 bits per heavy atom. The molecule has 1 amide bonds. The van der Waals surface area contributed by atoms with E-state index in [4.69, 9.17) is 4.74 Å². The van der Waals surface area contributed by atoms with E-state index in [9.17, 15) is 9.59 Å². The van der Waals surface area contributed by atoms with Crippen LogP contribution in [0.4, 0.5) is 0 Å². The van der Waals surface area contributed by atoms with E-state index in [1.54, 1.807) is 0 Å². The molecule has 1 aliphatic rings. The average molecular weight is 201 g/mol. The smallest absolute Gasteiger partial charge is 0.325 e. The zero-order chi connectivity index (χ0) is 10.4. The Balaban J connectivity index is 2.23. The molecule has 5 nitrogen and oxygen atoms in total. The molecule has 80 valence electrons. The highest BCUT2D eigenvalue weighted by molar-refractivity contribution is 5.83. The molecule has 0 aliphatic carbocycles. The van der Waals surface area contributed by atoms with Gasteiger partial charge < -0.3 is 14.8 Å². The van der Waals surface area contributed by atoms with E-state index in [1.807, 2.05) is 0 Å². The van der Waals surface area contributed by atoms with Crippen LogP contribution in [0.2, 0.25) is 0 Å². The van der Waals surface area contributed by atoms with Gasteiger partial charge in [0.15, 0.2) is 0 Å². The first-order valence-electron chi connectivity index (χ1n) is 4.66. The third-order valence-electron chi connectivity index (χ3n) is 2.23. The van der Waals surface area contributed by atoms with Crippen LogP contribution in [-0.2, 0) is 19.1 Å². The minimum Gasteiger partial charge on any atom is -0.468 e. The molecule has 0 atom stereocenters. The van der Waals surface area contributed by atoms with E-state index in [0.29, 0.717) is 13.2 Å². The second kappa shape index (κ2) is 5.59. The van der Waals surface area contributed by atoms with Gasteiger partial charge in [0.1, 0.15) is 6.54 Å². The fraction of sp³-hybridized carbons (Fsp3) is 0.778. The van der Waals surface area contributed by atoms with Gasteiger partial charge in [-0.1, -0.05) is 0 Å². The van der Waals surface area contributed by atoms with Crippen molar-refractivity contribution < 1.29 is 19.1 Å². The fourth-order valence-corrected chi connectivity index (χ4v) is 1.34. The van der Waals surface area contributed by atoms with Crippen molar-refractivity contribution in [2.45, 2.75) is 12.8 Å². The normalized spacial score (nSPS) is 17.5. The molecule has 1 fully saturated rings. The Morgan fingerprint density at radius 2 is 2.07 bits per heavy atom. The Bertz CT molecular complexity index is 211. The number of carbonyl (C=O) groups is 2. The Kier molecular flexibility index (Phi) is 4.39. The maximum absolute atomic E-state index is 11.4. The van der Waals surface area contributed by atoms with Gasteiger partial charge in [-0.2, -0.15) is 0 Å². The topological polar surface area (TPSA) is 64.6 Å².